The van der Waals surface area contributed by atoms with Crippen molar-refractivity contribution in [2.45, 2.75) is 39.3 Å². The van der Waals surface area contributed by atoms with Crippen molar-refractivity contribution in [1.82, 2.24) is 5.32 Å². The van der Waals surface area contributed by atoms with Crippen molar-refractivity contribution in [3.8, 4) is 5.75 Å². The summed E-state index contributed by atoms with van der Waals surface area (Å²) >= 11 is 0. The van der Waals surface area contributed by atoms with Gasteiger partial charge in [0.25, 0.3) is 5.91 Å². The van der Waals surface area contributed by atoms with Gasteiger partial charge in [0.1, 0.15) is 5.75 Å². The summed E-state index contributed by atoms with van der Waals surface area (Å²) in [6.07, 6.45) is 1.23. The summed E-state index contributed by atoms with van der Waals surface area (Å²) < 4.78 is 30.1. The molecule has 0 aromatic heterocycles. The molecular weight excluding hydrogens is 376 g/mol. The molecule has 2 aromatic carbocycles. The molecule has 1 amide bonds. The predicted molar refractivity (Wildman–Crippen MR) is 112 cm³/mol. The fourth-order valence-electron chi connectivity index (χ4n) is 2.69. The zero-order valence-corrected chi connectivity index (χ0v) is 17.8. The van der Waals surface area contributed by atoms with E-state index in [1.165, 1.54) is 16.9 Å². The van der Waals surface area contributed by atoms with Gasteiger partial charge in [-0.25, -0.2) is 8.42 Å². The summed E-state index contributed by atoms with van der Waals surface area (Å²) in [4.78, 5) is 12.5. The van der Waals surface area contributed by atoms with Crippen molar-refractivity contribution in [3.63, 3.8) is 0 Å². The molecular formula is C21H28N2O4S. The van der Waals surface area contributed by atoms with Crippen LogP contribution in [-0.2, 0) is 14.8 Å². The molecule has 2 atom stereocenters. The highest BCUT2D eigenvalue weighted by Crippen LogP contribution is 2.22. The Bertz CT molecular complexity index is 893. The molecule has 0 spiro atoms. The Morgan fingerprint density at radius 3 is 2.18 bits per heavy atom. The number of carbonyl (C=O) groups is 1. The molecule has 28 heavy (non-hydrogen) atoms. The van der Waals surface area contributed by atoms with E-state index in [1.807, 2.05) is 38.1 Å². The molecule has 7 heteroatoms. The van der Waals surface area contributed by atoms with E-state index in [4.69, 9.17) is 4.74 Å². The van der Waals surface area contributed by atoms with E-state index in [0.29, 0.717) is 11.4 Å². The van der Waals surface area contributed by atoms with Gasteiger partial charge in [-0.3, -0.25) is 9.10 Å². The minimum Gasteiger partial charge on any atom is -0.481 e. The van der Waals surface area contributed by atoms with Gasteiger partial charge in [0.15, 0.2) is 6.10 Å². The first-order chi connectivity index (χ1) is 13.1. The number of ether oxygens (including phenoxy) is 1. The van der Waals surface area contributed by atoms with E-state index in [9.17, 15) is 13.2 Å². The summed E-state index contributed by atoms with van der Waals surface area (Å²) in [6, 6.07) is 14.6. The lowest BCUT2D eigenvalue weighted by molar-refractivity contribution is -0.128. The topological polar surface area (TPSA) is 75.7 Å². The number of aryl methyl sites for hydroxylation is 1. The third kappa shape index (κ3) is 5.73. The zero-order valence-electron chi connectivity index (χ0n) is 17.0. The fraction of sp³-hybridized carbons (Fsp3) is 0.381. The zero-order chi connectivity index (χ0) is 20.9. The molecule has 0 radical (unpaired) electrons. The molecule has 2 unspecified atom stereocenters. The number of rotatable bonds is 8. The summed E-state index contributed by atoms with van der Waals surface area (Å²) in [6.45, 7) is 5.74. The average Bonchev–Trinajstić information content (AvgIpc) is 2.66. The van der Waals surface area contributed by atoms with Crippen molar-refractivity contribution in [2.24, 2.45) is 0 Å². The second kappa shape index (κ2) is 9.10. The van der Waals surface area contributed by atoms with Crippen LogP contribution in [0.1, 0.15) is 37.4 Å². The van der Waals surface area contributed by atoms with E-state index in [0.717, 1.165) is 18.2 Å². The van der Waals surface area contributed by atoms with Crippen LogP contribution in [0.25, 0.3) is 0 Å². The van der Waals surface area contributed by atoms with Crippen LogP contribution in [-0.4, -0.2) is 33.7 Å². The molecule has 0 aliphatic rings. The maximum atomic E-state index is 12.5. The maximum Gasteiger partial charge on any atom is 0.261 e. The summed E-state index contributed by atoms with van der Waals surface area (Å²) in [7, 11) is -1.84. The number of nitrogens with one attached hydrogen (secondary N) is 1. The van der Waals surface area contributed by atoms with Gasteiger partial charge < -0.3 is 10.1 Å². The lowest BCUT2D eigenvalue weighted by atomic mass is 10.0. The first-order valence-electron chi connectivity index (χ1n) is 9.19. The number of hydrogen-bond acceptors (Lipinski definition) is 4. The van der Waals surface area contributed by atoms with E-state index >= 15 is 0 Å². The van der Waals surface area contributed by atoms with Crippen molar-refractivity contribution >= 4 is 21.6 Å². The maximum absolute atomic E-state index is 12.5. The van der Waals surface area contributed by atoms with Gasteiger partial charge in [0, 0.05) is 7.05 Å². The molecule has 0 heterocycles. The number of amides is 1. The first kappa shape index (κ1) is 21.8. The second-order valence-corrected chi connectivity index (χ2v) is 8.88. The van der Waals surface area contributed by atoms with Crippen LogP contribution >= 0.6 is 0 Å². The van der Waals surface area contributed by atoms with Crippen LogP contribution in [0.3, 0.4) is 0 Å². The van der Waals surface area contributed by atoms with Crippen LogP contribution in [0.15, 0.2) is 48.5 Å². The molecule has 6 nitrogen and oxygen atoms in total. The van der Waals surface area contributed by atoms with Gasteiger partial charge in [-0.2, -0.15) is 0 Å². The molecule has 0 saturated heterocycles. The van der Waals surface area contributed by atoms with Crippen LogP contribution in [0.4, 0.5) is 5.69 Å². The van der Waals surface area contributed by atoms with Crippen LogP contribution in [0.2, 0.25) is 0 Å². The lowest BCUT2D eigenvalue weighted by Gasteiger charge is -2.21. The molecule has 0 aliphatic heterocycles. The molecule has 1 N–H and O–H groups in total. The minimum atomic E-state index is -3.32. The van der Waals surface area contributed by atoms with Gasteiger partial charge in [-0.05, 0) is 50.1 Å². The Hall–Kier alpha value is -2.54. The monoisotopic (exact) mass is 404 g/mol. The normalized spacial score (nSPS) is 13.5. The molecule has 0 aliphatic carbocycles. The number of sulfonamides is 1. The van der Waals surface area contributed by atoms with Crippen molar-refractivity contribution in [2.75, 3.05) is 17.6 Å². The van der Waals surface area contributed by atoms with E-state index in [2.05, 4.69) is 5.32 Å². The number of carbonyl (C=O) groups excluding carboxylic acids is 1. The van der Waals surface area contributed by atoms with Gasteiger partial charge >= 0.3 is 0 Å². The van der Waals surface area contributed by atoms with Gasteiger partial charge in [-0.1, -0.05) is 36.8 Å². The molecule has 2 aromatic rings. The number of nitrogens with zero attached hydrogens (tertiary/aromatic N) is 1. The van der Waals surface area contributed by atoms with E-state index in [-0.39, 0.29) is 11.9 Å². The molecule has 2 rings (SSSR count). The fourth-order valence-corrected chi connectivity index (χ4v) is 3.20. The highest BCUT2D eigenvalue weighted by molar-refractivity contribution is 7.92. The number of anilines is 1. The third-order valence-corrected chi connectivity index (χ3v) is 5.79. The predicted octanol–water partition coefficient (Wildman–Crippen LogP) is 3.43. The van der Waals surface area contributed by atoms with E-state index in [1.54, 1.807) is 31.2 Å². The third-order valence-electron chi connectivity index (χ3n) is 4.58. The van der Waals surface area contributed by atoms with Gasteiger partial charge in [0.2, 0.25) is 10.0 Å². The van der Waals surface area contributed by atoms with Gasteiger partial charge in [-0.15, -0.1) is 0 Å². The van der Waals surface area contributed by atoms with Crippen molar-refractivity contribution in [1.29, 1.82) is 0 Å². The SMILES string of the molecule is CCC(NC(=O)C(C)Oc1ccc(N(C)S(C)(=O)=O)cc1)c1ccc(C)cc1. The van der Waals surface area contributed by atoms with Crippen molar-refractivity contribution < 1.29 is 17.9 Å². The summed E-state index contributed by atoms with van der Waals surface area (Å²) in [5.41, 5.74) is 2.76. The average molecular weight is 405 g/mol. The van der Waals surface area contributed by atoms with Crippen molar-refractivity contribution in [3.05, 3.63) is 59.7 Å². The Balaban J connectivity index is 2.00. The Morgan fingerprint density at radius 1 is 1.11 bits per heavy atom. The first-order valence-corrected chi connectivity index (χ1v) is 11.0. The van der Waals surface area contributed by atoms with E-state index < -0.39 is 16.1 Å². The Kier molecular flexibility index (Phi) is 7.07. The smallest absolute Gasteiger partial charge is 0.261 e. The summed E-state index contributed by atoms with van der Waals surface area (Å²) in [5.74, 6) is 0.293. The van der Waals surface area contributed by atoms with Crippen LogP contribution in [0.5, 0.6) is 5.75 Å². The standard InChI is InChI=1S/C21H28N2O4S/c1-6-20(17-9-7-15(2)8-10-17)22-21(24)16(3)27-19-13-11-18(12-14-19)23(4)28(5,25)26/h7-14,16,20H,6H2,1-5H3,(H,22,24). The Labute approximate surface area is 167 Å². The number of hydrogen-bond donors (Lipinski definition) is 1. The number of benzene rings is 2. The molecule has 0 bridgehead atoms. The second-order valence-electron chi connectivity index (χ2n) is 6.86. The van der Waals surface area contributed by atoms with Crippen LogP contribution < -0.4 is 14.4 Å². The van der Waals surface area contributed by atoms with Gasteiger partial charge in [0.05, 0.1) is 18.0 Å². The highest BCUT2D eigenvalue weighted by Gasteiger charge is 2.19. The highest BCUT2D eigenvalue weighted by atomic mass is 32.2. The molecule has 0 fully saturated rings. The molecule has 152 valence electrons. The largest absolute Gasteiger partial charge is 0.481 e. The quantitative estimate of drug-likeness (QED) is 0.731. The van der Waals surface area contributed by atoms with Crippen LogP contribution in [0, 0.1) is 6.92 Å². The minimum absolute atomic E-state index is 0.0788. The lowest BCUT2D eigenvalue weighted by Crippen LogP contribution is -2.38. The Morgan fingerprint density at radius 2 is 1.68 bits per heavy atom. The summed E-state index contributed by atoms with van der Waals surface area (Å²) in [5, 5.41) is 3.02. The molecule has 0 saturated carbocycles.